The second kappa shape index (κ2) is 8.78. The Bertz CT molecular complexity index is 1210. The van der Waals surface area contributed by atoms with Gasteiger partial charge < -0.3 is 15.0 Å². The topological polar surface area (TPSA) is 106 Å². The van der Waals surface area contributed by atoms with Gasteiger partial charge in [-0.1, -0.05) is 6.92 Å². The van der Waals surface area contributed by atoms with Crippen molar-refractivity contribution in [1.29, 1.82) is 0 Å². The van der Waals surface area contributed by atoms with E-state index in [9.17, 15) is 14.4 Å². The quantitative estimate of drug-likeness (QED) is 0.625. The number of hydrogen-bond acceptors (Lipinski definition) is 6. The van der Waals surface area contributed by atoms with Crippen LogP contribution in [0.4, 0.5) is 10.5 Å². The van der Waals surface area contributed by atoms with E-state index in [1.165, 1.54) is 0 Å². The van der Waals surface area contributed by atoms with Gasteiger partial charge in [-0.05, 0) is 70.6 Å². The average molecular weight is 496 g/mol. The fourth-order valence-corrected chi connectivity index (χ4v) is 6.20. The summed E-state index contributed by atoms with van der Waals surface area (Å²) in [4.78, 5) is 38.2. The van der Waals surface area contributed by atoms with Gasteiger partial charge in [0, 0.05) is 49.1 Å². The summed E-state index contributed by atoms with van der Waals surface area (Å²) in [6, 6.07) is 6.54. The fourth-order valence-electron chi connectivity index (χ4n) is 6.20. The standard InChI is InChI=1S/C27H37N5O4/c1-16-13-27(14-32(15-27)25(35)36-26(2,3)4)11-10-20(16)28-17-6-7-18-21(12-17)31(5)30-23(18)19-8-9-22(33)29-24(19)34/h6-7,12,16,19-20,28H,8-11,13-15H2,1-5H3,(H,29,33,34)/t16-,19?,20-/m0/s1. The van der Waals surface area contributed by atoms with Gasteiger partial charge in [-0.15, -0.1) is 0 Å². The van der Waals surface area contributed by atoms with Gasteiger partial charge in [0.2, 0.25) is 11.8 Å². The van der Waals surface area contributed by atoms with Crippen LogP contribution < -0.4 is 10.6 Å². The van der Waals surface area contributed by atoms with Gasteiger partial charge in [0.15, 0.2) is 0 Å². The van der Waals surface area contributed by atoms with Gasteiger partial charge in [-0.2, -0.15) is 5.10 Å². The van der Waals surface area contributed by atoms with Gasteiger partial charge in [-0.25, -0.2) is 4.79 Å². The molecule has 2 N–H and O–H groups in total. The monoisotopic (exact) mass is 495 g/mol. The van der Waals surface area contributed by atoms with Crippen LogP contribution in [-0.4, -0.2) is 57.3 Å². The van der Waals surface area contributed by atoms with E-state index in [4.69, 9.17) is 4.74 Å². The molecule has 3 aliphatic rings. The fraction of sp³-hybridized carbons (Fsp3) is 0.630. The Morgan fingerprint density at radius 2 is 1.97 bits per heavy atom. The number of carbonyl (C=O) groups is 3. The Kier molecular flexibility index (Phi) is 6.00. The van der Waals surface area contributed by atoms with Gasteiger partial charge in [0.25, 0.3) is 0 Å². The molecule has 9 heteroatoms. The van der Waals surface area contributed by atoms with E-state index >= 15 is 0 Å². The number of rotatable bonds is 3. The lowest BCUT2D eigenvalue weighted by molar-refractivity contribution is -0.134. The Labute approximate surface area is 211 Å². The molecular weight excluding hydrogens is 458 g/mol. The third kappa shape index (κ3) is 4.67. The van der Waals surface area contributed by atoms with Crippen molar-refractivity contribution in [2.45, 2.75) is 77.4 Å². The maximum atomic E-state index is 12.4. The lowest BCUT2D eigenvalue weighted by Gasteiger charge is -2.55. The van der Waals surface area contributed by atoms with Crippen molar-refractivity contribution in [2.24, 2.45) is 18.4 Å². The maximum absolute atomic E-state index is 12.4. The first-order valence-electron chi connectivity index (χ1n) is 13.0. The molecule has 1 unspecified atom stereocenters. The second-order valence-corrected chi connectivity index (χ2v) is 12.1. The molecule has 2 aliphatic heterocycles. The molecule has 194 valence electrons. The van der Waals surface area contributed by atoms with Crippen LogP contribution >= 0.6 is 0 Å². The summed E-state index contributed by atoms with van der Waals surface area (Å²) in [7, 11) is 1.89. The lowest BCUT2D eigenvalue weighted by Crippen LogP contribution is -2.62. The van der Waals surface area contributed by atoms with Crippen LogP contribution in [0.2, 0.25) is 0 Å². The van der Waals surface area contributed by atoms with E-state index in [1.54, 1.807) is 0 Å². The van der Waals surface area contributed by atoms with E-state index < -0.39 is 11.5 Å². The molecule has 1 aromatic heterocycles. The normalized spacial score (nSPS) is 26.0. The number of carbonyl (C=O) groups excluding carboxylic acids is 3. The van der Waals surface area contributed by atoms with Gasteiger partial charge in [-0.3, -0.25) is 19.6 Å². The highest BCUT2D eigenvalue weighted by atomic mass is 16.6. The molecule has 3 atom stereocenters. The lowest BCUT2D eigenvalue weighted by atomic mass is 9.64. The molecule has 36 heavy (non-hydrogen) atoms. The number of piperidine rings is 1. The molecule has 1 aliphatic carbocycles. The van der Waals surface area contributed by atoms with Crippen molar-refractivity contribution >= 4 is 34.5 Å². The molecule has 0 radical (unpaired) electrons. The number of ether oxygens (including phenoxy) is 1. The number of fused-ring (bicyclic) bond motifs is 1. The summed E-state index contributed by atoms with van der Waals surface area (Å²) < 4.78 is 7.35. The molecule has 0 bridgehead atoms. The zero-order chi connectivity index (χ0) is 25.8. The van der Waals surface area contributed by atoms with Gasteiger partial charge >= 0.3 is 6.09 Å². The van der Waals surface area contributed by atoms with Crippen molar-refractivity contribution in [3.05, 3.63) is 23.9 Å². The first-order chi connectivity index (χ1) is 16.9. The van der Waals surface area contributed by atoms with Crippen LogP contribution in [0.3, 0.4) is 0 Å². The molecule has 1 saturated carbocycles. The number of benzene rings is 1. The van der Waals surface area contributed by atoms with Gasteiger partial charge in [0.1, 0.15) is 5.60 Å². The molecule has 3 heterocycles. The number of imide groups is 1. The van der Waals surface area contributed by atoms with Crippen molar-refractivity contribution < 1.29 is 19.1 Å². The van der Waals surface area contributed by atoms with Crippen LogP contribution in [0.15, 0.2) is 18.2 Å². The Morgan fingerprint density at radius 1 is 1.22 bits per heavy atom. The third-order valence-corrected chi connectivity index (χ3v) is 7.93. The van der Waals surface area contributed by atoms with Crippen LogP contribution in [0.25, 0.3) is 10.9 Å². The number of aryl methyl sites for hydroxylation is 1. The predicted octanol–water partition coefficient (Wildman–Crippen LogP) is 3.93. The van der Waals surface area contributed by atoms with E-state index in [0.29, 0.717) is 24.8 Å². The van der Waals surface area contributed by atoms with Crippen molar-refractivity contribution in [1.82, 2.24) is 20.0 Å². The highest BCUT2D eigenvalue weighted by Gasteiger charge is 2.50. The zero-order valence-electron chi connectivity index (χ0n) is 21.9. The van der Waals surface area contributed by atoms with Gasteiger partial charge in [0.05, 0.1) is 17.1 Å². The number of aromatic nitrogens is 2. The molecule has 1 spiro atoms. The highest BCUT2D eigenvalue weighted by Crippen LogP contribution is 2.47. The number of likely N-dealkylation sites (tertiary alicyclic amines) is 1. The minimum absolute atomic E-state index is 0.206. The second-order valence-electron chi connectivity index (χ2n) is 12.1. The summed E-state index contributed by atoms with van der Waals surface area (Å²) in [5.41, 5.74) is 2.48. The Balaban J connectivity index is 1.23. The first kappa shape index (κ1) is 24.6. The third-order valence-electron chi connectivity index (χ3n) is 7.93. The number of anilines is 1. The Hall–Kier alpha value is -3.10. The van der Waals surface area contributed by atoms with E-state index in [-0.39, 0.29) is 23.3 Å². The van der Waals surface area contributed by atoms with E-state index in [0.717, 1.165) is 54.6 Å². The van der Waals surface area contributed by atoms with Crippen LogP contribution in [0.5, 0.6) is 0 Å². The summed E-state index contributed by atoms with van der Waals surface area (Å²) in [6.45, 7) is 9.55. The molecule has 2 saturated heterocycles. The minimum Gasteiger partial charge on any atom is -0.444 e. The number of amides is 3. The average Bonchev–Trinajstić information content (AvgIpc) is 3.08. The molecule has 9 nitrogen and oxygen atoms in total. The van der Waals surface area contributed by atoms with Crippen LogP contribution in [-0.2, 0) is 21.4 Å². The van der Waals surface area contributed by atoms with E-state index in [1.807, 2.05) is 43.5 Å². The van der Waals surface area contributed by atoms with Crippen LogP contribution in [0.1, 0.15) is 71.4 Å². The molecule has 5 rings (SSSR count). The zero-order valence-corrected chi connectivity index (χ0v) is 21.9. The van der Waals surface area contributed by atoms with Crippen molar-refractivity contribution in [2.75, 3.05) is 18.4 Å². The van der Waals surface area contributed by atoms with E-state index in [2.05, 4.69) is 34.8 Å². The molecule has 2 aromatic rings. The summed E-state index contributed by atoms with van der Waals surface area (Å²) in [5.74, 6) is -0.409. The summed E-state index contributed by atoms with van der Waals surface area (Å²) >= 11 is 0. The SMILES string of the molecule is C[C@H]1CC2(CC[C@@H]1Nc1ccc3c(C4CCC(=O)NC4=O)nn(C)c3c1)CN(C(=O)OC(C)(C)C)C2. The first-order valence-corrected chi connectivity index (χ1v) is 13.0. The molecular formula is C27H37N5O4. The predicted molar refractivity (Wildman–Crippen MR) is 137 cm³/mol. The van der Waals surface area contributed by atoms with Crippen molar-refractivity contribution in [3.63, 3.8) is 0 Å². The smallest absolute Gasteiger partial charge is 0.410 e. The molecule has 3 fully saturated rings. The van der Waals surface area contributed by atoms with Crippen LogP contribution in [0, 0.1) is 11.3 Å². The number of hydrogen-bond donors (Lipinski definition) is 2. The highest BCUT2D eigenvalue weighted by molar-refractivity contribution is 6.02. The summed E-state index contributed by atoms with van der Waals surface area (Å²) in [6.07, 6.45) is 3.84. The maximum Gasteiger partial charge on any atom is 0.410 e. The largest absolute Gasteiger partial charge is 0.444 e. The summed E-state index contributed by atoms with van der Waals surface area (Å²) in [5, 5.41) is 11.8. The number of nitrogens with zero attached hydrogens (tertiary/aromatic N) is 3. The number of nitrogens with one attached hydrogen (secondary N) is 2. The van der Waals surface area contributed by atoms with Crippen molar-refractivity contribution in [3.8, 4) is 0 Å². The molecule has 1 aromatic carbocycles. The minimum atomic E-state index is -0.466. The molecule has 3 amide bonds. The Morgan fingerprint density at radius 3 is 2.64 bits per heavy atom.